The Morgan fingerprint density at radius 1 is 1.54 bits per heavy atom. The first-order valence-corrected chi connectivity index (χ1v) is 10.0. The molecule has 4 atom stereocenters. The largest absolute Gasteiger partial charge is 0.612 e. The summed E-state index contributed by atoms with van der Waals surface area (Å²) in [5, 5.41) is 16.8. The fourth-order valence-corrected chi connectivity index (χ4v) is 4.07. The van der Waals surface area contributed by atoms with Crippen LogP contribution in [0.3, 0.4) is 0 Å². The van der Waals surface area contributed by atoms with Crippen molar-refractivity contribution >= 4 is 22.9 Å². The first kappa shape index (κ1) is 20.7. The number of alkyl halides is 3. The highest BCUT2D eigenvalue weighted by Crippen LogP contribution is 2.58. The molecule has 1 saturated heterocycles. The summed E-state index contributed by atoms with van der Waals surface area (Å²) in [7, 11) is 0. The number of nitrogens with zero attached hydrogens (tertiary/aromatic N) is 1. The van der Waals surface area contributed by atoms with Crippen molar-refractivity contribution in [2.45, 2.75) is 30.5 Å². The van der Waals surface area contributed by atoms with Crippen LogP contribution < -0.4 is 10.2 Å². The van der Waals surface area contributed by atoms with Crippen molar-refractivity contribution in [3.8, 4) is 5.75 Å². The van der Waals surface area contributed by atoms with Gasteiger partial charge in [0.15, 0.2) is 11.0 Å². The predicted molar refractivity (Wildman–Crippen MR) is 94.0 cm³/mol. The lowest BCUT2D eigenvalue weighted by molar-refractivity contribution is -0.189. The fraction of sp³-hybridized carbons (Fsp3) is 0.529. The number of carbonyl (C=O) groups is 1. The van der Waals surface area contributed by atoms with Gasteiger partial charge in [0.25, 0.3) is 5.91 Å². The van der Waals surface area contributed by atoms with Gasteiger partial charge in [0.1, 0.15) is 17.8 Å². The van der Waals surface area contributed by atoms with E-state index in [0.717, 1.165) is 6.92 Å². The third-order valence-electron chi connectivity index (χ3n) is 5.32. The van der Waals surface area contributed by atoms with E-state index >= 15 is 0 Å². The van der Waals surface area contributed by atoms with Crippen LogP contribution in [0.4, 0.5) is 13.2 Å². The van der Waals surface area contributed by atoms with Gasteiger partial charge in [0, 0.05) is 19.2 Å². The van der Waals surface area contributed by atoms with E-state index in [1.54, 1.807) is 0 Å². The number of benzene rings is 1. The summed E-state index contributed by atoms with van der Waals surface area (Å²) in [5.74, 6) is -0.882. The standard InChI is InChI=1S/C17H20F3N3O4S/c1-9(17(18,19)20)27-13-4-3-11(28(2)26)5-12(13)14(24)23-7-10-6-16(10,8-23)15(21)22-25/h3-5,9-10,25H,6-8H2,1-2H3,(H2,21,22). The van der Waals surface area contributed by atoms with Gasteiger partial charge in [-0.3, -0.25) is 20.9 Å². The van der Waals surface area contributed by atoms with Crippen LogP contribution in [0, 0.1) is 16.7 Å². The summed E-state index contributed by atoms with van der Waals surface area (Å²) in [4.78, 5) is 14.7. The van der Waals surface area contributed by atoms with Crippen LogP contribution in [0.25, 0.3) is 0 Å². The van der Waals surface area contributed by atoms with Gasteiger partial charge in [-0.25, -0.2) is 0 Å². The maximum atomic E-state index is 13.0. The number of hydrogen-bond acceptors (Lipinski definition) is 5. The SMILES string of the molecule is CC(Oc1ccc([S+](C)[O-])cc1C(=O)N1CC2CC2(C(=N)NO)C1)C(F)(F)F. The zero-order chi connectivity index (χ0) is 20.9. The number of fused-ring (bicyclic) bond motifs is 1. The molecule has 3 N–H and O–H groups in total. The first-order chi connectivity index (χ1) is 13.0. The van der Waals surface area contributed by atoms with E-state index in [1.165, 1.54) is 29.4 Å². The van der Waals surface area contributed by atoms with Gasteiger partial charge in [-0.2, -0.15) is 13.2 Å². The molecule has 0 bridgehead atoms. The number of nitrogens with one attached hydrogen (secondary N) is 2. The number of ether oxygens (including phenoxy) is 1. The quantitative estimate of drug-likeness (QED) is 0.293. The van der Waals surface area contributed by atoms with Gasteiger partial charge in [0.2, 0.25) is 0 Å². The minimum Gasteiger partial charge on any atom is -0.612 e. The van der Waals surface area contributed by atoms with E-state index in [9.17, 15) is 22.5 Å². The van der Waals surface area contributed by atoms with Crippen molar-refractivity contribution in [1.82, 2.24) is 10.4 Å². The molecule has 3 rings (SSSR count). The number of likely N-dealkylation sites (tertiary alicyclic amines) is 1. The molecule has 0 spiro atoms. The average Bonchev–Trinajstić information content (AvgIpc) is 3.21. The lowest BCUT2D eigenvalue weighted by Crippen LogP contribution is -2.38. The highest BCUT2D eigenvalue weighted by molar-refractivity contribution is 7.90. The molecule has 2 aliphatic rings. The number of halogens is 3. The molecule has 0 aromatic heterocycles. The molecule has 11 heteroatoms. The lowest BCUT2D eigenvalue weighted by atomic mass is 10.1. The molecular formula is C17H20F3N3O4S. The normalized spacial score (nSPS) is 25.7. The topological polar surface area (TPSA) is 109 Å². The van der Waals surface area contributed by atoms with Crippen LogP contribution in [0.1, 0.15) is 23.7 Å². The van der Waals surface area contributed by atoms with Crippen LogP contribution in [-0.2, 0) is 11.2 Å². The van der Waals surface area contributed by atoms with Crippen molar-refractivity contribution in [3.05, 3.63) is 23.8 Å². The third-order valence-corrected chi connectivity index (χ3v) is 6.24. The van der Waals surface area contributed by atoms with Crippen LogP contribution in [-0.4, -0.2) is 58.0 Å². The summed E-state index contributed by atoms with van der Waals surface area (Å²) >= 11 is -1.44. The Morgan fingerprint density at radius 3 is 2.79 bits per heavy atom. The van der Waals surface area contributed by atoms with E-state index in [0.29, 0.717) is 17.9 Å². The Labute approximate surface area is 162 Å². The molecule has 1 heterocycles. The van der Waals surface area contributed by atoms with Crippen molar-refractivity contribution in [3.63, 3.8) is 0 Å². The van der Waals surface area contributed by atoms with E-state index in [4.69, 9.17) is 15.4 Å². The van der Waals surface area contributed by atoms with Crippen LogP contribution in [0.5, 0.6) is 5.75 Å². The Hall–Kier alpha value is -1.98. The summed E-state index contributed by atoms with van der Waals surface area (Å²) in [6.07, 6.45) is -4.68. The van der Waals surface area contributed by atoms with Crippen molar-refractivity contribution in [2.24, 2.45) is 11.3 Å². The molecule has 28 heavy (non-hydrogen) atoms. The Balaban J connectivity index is 1.88. The first-order valence-electron chi connectivity index (χ1n) is 8.49. The molecule has 1 aliphatic heterocycles. The zero-order valence-electron chi connectivity index (χ0n) is 15.2. The van der Waals surface area contributed by atoms with Crippen LogP contribution >= 0.6 is 0 Å². The van der Waals surface area contributed by atoms with Gasteiger partial charge in [0.05, 0.1) is 11.0 Å². The highest BCUT2D eigenvalue weighted by Gasteiger charge is 2.64. The second kappa shape index (κ2) is 7.12. The van der Waals surface area contributed by atoms with E-state index in [2.05, 4.69) is 0 Å². The average molecular weight is 419 g/mol. The van der Waals surface area contributed by atoms with E-state index < -0.39 is 34.8 Å². The van der Waals surface area contributed by atoms with Crippen molar-refractivity contribution < 1.29 is 32.5 Å². The van der Waals surface area contributed by atoms with Crippen molar-refractivity contribution in [1.29, 1.82) is 5.41 Å². The van der Waals surface area contributed by atoms with Gasteiger partial charge in [-0.05, 0) is 42.6 Å². The number of rotatable bonds is 5. The summed E-state index contributed by atoms with van der Waals surface area (Å²) < 4.78 is 55.4. The molecule has 7 nitrogen and oxygen atoms in total. The minimum atomic E-state index is -4.60. The van der Waals surface area contributed by atoms with Gasteiger partial charge >= 0.3 is 6.18 Å². The number of hydroxylamine groups is 1. The second-order valence-corrected chi connectivity index (χ2v) is 8.52. The van der Waals surface area contributed by atoms with Crippen LogP contribution in [0.15, 0.2) is 23.1 Å². The molecule has 1 aromatic rings. The smallest absolute Gasteiger partial charge is 0.425 e. The van der Waals surface area contributed by atoms with Crippen LogP contribution in [0.2, 0.25) is 0 Å². The number of amides is 1. The maximum Gasteiger partial charge on any atom is 0.425 e. The van der Waals surface area contributed by atoms with Gasteiger partial charge in [-0.15, -0.1) is 0 Å². The van der Waals surface area contributed by atoms with Gasteiger partial charge < -0.3 is 14.2 Å². The lowest BCUT2D eigenvalue weighted by Gasteiger charge is -2.24. The molecule has 1 amide bonds. The molecule has 2 fully saturated rings. The second-order valence-electron chi connectivity index (χ2n) is 7.14. The number of hydrogen-bond donors (Lipinski definition) is 3. The van der Waals surface area contributed by atoms with Crippen molar-refractivity contribution in [2.75, 3.05) is 19.3 Å². The maximum absolute atomic E-state index is 13.0. The fourth-order valence-electron chi connectivity index (χ4n) is 3.52. The number of carbonyl (C=O) groups excluding carboxylic acids is 1. The zero-order valence-corrected chi connectivity index (χ0v) is 16.0. The predicted octanol–water partition coefficient (Wildman–Crippen LogP) is 2.17. The highest BCUT2D eigenvalue weighted by atomic mass is 32.2. The Morgan fingerprint density at radius 2 is 2.21 bits per heavy atom. The van der Waals surface area contributed by atoms with E-state index in [1.807, 2.05) is 5.48 Å². The number of amidine groups is 1. The Kier molecular flexibility index (Phi) is 5.28. The van der Waals surface area contributed by atoms with E-state index in [-0.39, 0.29) is 29.6 Å². The minimum absolute atomic E-state index is 0.00515. The Bertz CT molecular complexity index is 804. The summed E-state index contributed by atoms with van der Waals surface area (Å²) in [6, 6.07) is 3.86. The molecular weight excluding hydrogens is 399 g/mol. The monoisotopic (exact) mass is 419 g/mol. The molecule has 154 valence electrons. The van der Waals surface area contributed by atoms with Gasteiger partial charge in [-0.1, -0.05) is 0 Å². The molecule has 1 saturated carbocycles. The molecule has 4 unspecified atom stereocenters. The molecule has 1 aromatic carbocycles. The molecule has 0 radical (unpaired) electrons. The summed E-state index contributed by atoms with van der Waals surface area (Å²) in [6.45, 7) is 1.32. The molecule has 1 aliphatic carbocycles. The summed E-state index contributed by atoms with van der Waals surface area (Å²) in [5.41, 5.74) is 1.07. The third kappa shape index (κ3) is 3.65. The number of piperidine rings is 1.